The number of carbonyl (C=O) groups is 1. The molecule has 0 bridgehead atoms. The van der Waals surface area contributed by atoms with Gasteiger partial charge in [-0.2, -0.15) is 0 Å². The zero-order chi connectivity index (χ0) is 25.4. The summed E-state index contributed by atoms with van der Waals surface area (Å²) in [5, 5.41) is 1.29. The molecule has 1 fully saturated rings. The molecule has 2 aliphatic rings. The number of hydrogen-bond acceptors (Lipinski definition) is 5. The van der Waals surface area contributed by atoms with Gasteiger partial charge in [0.2, 0.25) is 0 Å². The molecule has 1 amide bonds. The summed E-state index contributed by atoms with van der Waals surface area (Å²) in [7, 11) is 0. The Hall–Kier alpha value is -2.47. The van der Waals surface area contributed by atoms with E-state index in [4.69, 9.17) is 9.97 Å². The van der Waals surface area contributed by atoms with Crippen molar-refractivity contribution in [2.75, 3.05) is 31.1 Å². The number of aryl methyl sites for hydroxylation is 2. The third kappa shape index (κ3) is 5.15. The van der Waals surface area contributed by atoms with E-state index in [-0.39, 0.29) is 11.3 Å². The maximum absolute atomic E-state index is 13.3. The number of anilines is 1. The average molecular weight is 505 g/mol. The molecule has 6 heteroatoms. The van der Waals surface area contributed by atoms with Crippen LogP contribution in [-0.2, 0) is 24.7 Å². The lowest BCUT2D eigenvalue weighted by Gasteiger charge is -2.36. The molecule has 0 atom stereocenters. The molecule has 0 saturated carbocycles. The van der Waals surface area contributed by atoms with E-state index in [1.54, 1.807) is 0 Å². The summed E-state index contributed by atoms with van der Waals surface area (Å²) in [4.78, 5) is 30.6. The standard InChI is InChI=1S/C30H40N4OS/c1-20(2)19-25-31-27(26-23-9-7-6-8-10-24(23)36-28(26)32-25)33-15-17-34(18-16-33)29(35)21-11-13-22(14-12-21)30(3,4)5/h11-14,20H,6-10,15-19H2,1-5H3. The van der Waals surface area contributed by atoms with Gasteiger partial charge in [0.05, 0.1) is 5.39 Å². The number of aromatic nitrogens is 2. The summed E-state index contributed by atoms with van der Waals surface area (Å²) < 4.78 is 0. The lowest BCUT2D eigenvalue weighted by atomic mass is 9.86. The second-order valence-electron chi connectivity index (χ2n) is 11.9. The Balaban J connectivity index is 1.38. The van der Waals surface area contributed by atoms with E-state index >= 15 is 0 Å². The molecule has 2 aromatic heterocycles. The summed E-state index contributed by atoms with van der Waals surface area (Å²) in [5.74, 6) is 2.72. The van der Waals surface area contributed by atoms with Crippen LogP contribution in [0.3, 0.4) is 0 Å². The molecule has 3 aromatic rings. The minimum Gasteiger partial charge on any atom is -0.352 e. The van der Waals surface area contributed by atoms with Gasteiger partial charge >= 0.3 is 0 Å². The summed E-state index contributed by atoms with van der Waals surface area (Å²) >= 11 is 1.90. The average Bonchev–Trinajstić information content (AvgIpc) is 3.03. The number of amides is 1. The summed E-state index contributed by atoms with van der Waals surface area (Å²) in [6.07, 6.45) is 7.04. The van der Waals surface area contributed by atoms with Crippen LogP contribution >= 0.6 is 11.3 Å². The molecule has 1 saturated heterocycles. The van der Waals surface area contributed by atoms with Crippen molar-refractivity contribution in [3.05, 3.63) is 51.7 Å². The van der Waals surface area contributed by atoms with Crippen molar-refractivity contribution >= 4 is 33.3 Å². The molecular weight excluding hydrogens is 464 g/mol. The second kappa shape index (κ2) is 10.1. The molecule has 1 aromatic carbocycles. The minimum atomic E-state index is 0.0877. The zero-order valence-corrected chi connectivity index (χ0v) is 23.4. The quantitative estimate of drug-likeness (QED) is 0.385. The van der Waals surface area contributed by atoms with Gasteiger partial charge in [0.25, 0.3) is 5.91 Å². The predicted octanol–water partition coefficient (Wildman–Crippen LogP) is 6.42. The summed E-state index contributed by atoms with van der Waals surface area (Å²) in [6, 6.07) is 8.17. The Morgan fingerprint density at radius 3 is 2.33 bits per heavy atom. The predicted molar refractivity (Wildman–Crippen MR) is 150 cm³/mol. The first kappa shape index (κ1) is 25.2. The van der Waals surface area contributed by atoms with Crippen molar-refractivity contribution in [3.8, 4) is 0 Å². The van der Waals surface area contributed by atoms with Crippen LogP contribution < -0.4 is 4.90 Å². The number of nitrogens with zero attached hydrogens (tertiary/aromatic N) is 4. The van der Waals surface area contributed by atoms with Gasteiger partial charge in [0, 0.05) is 43.0 Å². The number of rotatable bonds is 4. The Morgan fingerprint density at radius 1 is 0.972 bits per heavy atom. The molecule has 0 spiro atoms. The Kier molecular flexibility index (Phi) is 7.08. The lowest BCUT2D eigenvalue weighted by molar-refractivity contribution is 0.0746. The SMILES string of the molecule is CC(C)Cc1nc(N2CCN(C(=O)c3ccc(C(C)(C)C)cc3)CC2)c2c3c(sc2n1)CCCCC3. The van der Waals surface area contributed by atoms with Crippen molar-refractivity contribution in [2.24, 2.45) is 5.92 Å². The molecule has 1 aliphatic carbocycles. The van der Waals surface area contributed by atoms with Crippen molar-refractivity contribution in [3.63, 3.8) is 0 Å². The van der Waals surface area contributed by atoms with Gasteiger partial charge in [0.15, 0.2) is 0 Å². The number of piperazine rings is 1. The zero-order valence-electron chi connectivity index (χ0n) is 22.6. The number of benzene rings is 1. The Bertz CT molecular complexity index is 1230. The van der Waals surface area contributed by atoms with Crippen LogP contribution in [0.4, 0.5) is 5.82 Å². The summed E-state index contributed by atoms with van der Waals surface area (Å²) in [5.41, 5.74) is 3.62. The largest absolute Gasteiger partial charge is 0.352 e. The summed E-state index contributed by atoms with van der Waals surface area (Å²) in [6.45, 7) is 14.1. The highest BCUT2D eigenvalue weighted by molar-refractivity contribution is 7.19. The van der Waals surface area contributed by atoms with E-state index in [2.05, 4.69) is 51.7 Å². The van der Waals surface area contributed by atoms with Gasteiger partial charge in [0.1, 0.15) is 16.5 Å². The van der Waals surface area contributed by atoms with Crippen molar-refractivity contribution in [2.45, 2.75) is 78.6 Å². The molecular formula is C30H40N4OS. The van der Waals surface area contributed by atoms with Crippen molar-refractivity contribution in [1.29, 1.82) is 0 Å². The van der Waals surface area contributed by atoms with Crippen molar-refractivity contribution in [1.82, 2.24) is 14.9 Å². The van der Waals surface area contributed by atoms with E-state index in [0.717, 1.165) is 56.2 Å². The third-order valence-electron chi connectivity index (χ3n) is 7.55. The number of hydrogen-bond donors (Lipinski definition) is 0. The normalized spacial score (nSPS) is 16.9. The molecule has 3 heterocycles. The number of thiophene rings is 1. The first-order valence-electron chi connectivity index (χ1n) is 13.7. The molecule has 0 radical (unpaired) electrons. The first-order chi connectivity index (χ1) is 17.2. The molecule has 192 valence electrons. The molecule has 36 heavy (non-hydrogen) atoms. The molecule has 0 unspecified atom stereocenters. The van der Waals surface area contributed by atoms with Gasteiger partial charge in [-0.25, -0.2) is 9.97 Å². The minimum absolute atomic E-state index is 0.0877. The topological polar surface area (TPSA) is 49.3 Å². The monoisotopic (exact) mass is 504 g/mol. The molecule has 5 nitrogen and oxygen atoms in total. The first-order valence-corrected chi connectivity index (χ1v) is 14.5. The van der Waals surface area contributed by atoms with E-state index in [1.165, 1.54) is 51.9 Å². The molecule has 1 aliphatic heterocycles. The van der Waals surface area contributed by atoms with Crippen LogP contribution in [0.5, 0.6) is 0 Å². The van der Waals surface area contributed by atoms with Gasteiger partial charge in [-0.3, -0.25) is 4.79 Å². The van der Waals surface area contributed by atoms with Crippen LogP contribution in [0, 0.1) is 5.92 Å². The van der Waals surface area contributed by atoms with Crippen LogP contribution in [0.1, 0.15) is 86.1 Å². The van der Waals surface area contributed by atoms with Crippen LogP contribution in [0.2, 0.25) is 0 Å². The van der Waals surface area contributed by atoms with Crippen LogP contribution in [-0.4, -0.2) is 47.0 Å². The molecule has 5 rings (SSSR count). The van der Waals surface area contributed by atoms with Gasteiger partial charge < -0.3 is 9.80 Å². The van der Waals surface area contributed by atoms with Gasteiger partial charge in [-0.15, -0.1) is 11.3 Å². The Labute approximate surface area is 219 Å². The second-order valence-corrected chi connectivity index (χ2v) is 13.0. The smallest absolute Gasteiger partial charge is 0.253 e. The van der Waals surface area contributed by atoms with E-state index in [0.29, 0.717) is 5.92 Å². The fraction of sp³-hybridized carbons (Fsp3) is 0.567. The lowest BCUT2D eigenvalue weighted by Crippen LogP contribution is -2.49. The van der Waals surface area contributed by atoms with Gasteiger partial charge in [-0.05, 0) is 60.3 Å². The maximum atomic E-state index is 13.3. The van der Waals surface area contributed by atoms with E-state index in [9.17, 15) is 4.79 Å². The van der Waals surface area contributed by atoms with E-state index in [1.807, 2.05) is 28.4 Å². The third-order valence-corrected chi connectivity index (χ3v) is 8.73. The fourth-order valence-corrected chi connectivity index (χ4v) is 6.73. The molecule has 0 N–H and O–H groups in total. The maximum Gasteiger partial charge on any atom is 0.253 e. The highest BCUT2D eigenvalue weighted by Gasteiger charge is 2.28. The highest BCUT2D eigenvalue weighted by Crippen LogP contribution is 2.39. The van der Waals surface area contributed by atoms with Crippen LogP contribution in [0.15, 0.2) is 24.3 Å². The number of carbonyl (C=O) groups excluding carboxylic acids is 1. The van der Waals surface area contributed by atoms with Crippen molar-refractivity contribution < 1.29 is 4.79 Å². The Morgan fingerprint density at radius 2 is 1.67 bits per heavy atom. The van der Waals surface area contributed by atoms with Crippen LogP contribution in [0.25, 0.3) is 10.2 Å². The number of fused-ring (bicyclic) bond motifs is 3. The van der Waals surface area contributed by atoms with E-state index < -0.39 is 0 Å². The fourth-order valence-electron chi connectivity index (χ4n) is 5.46. The highest BCUT2D eigenvalue weighted by atomic mass is 32.1. The van der Waals surface area contributed by atoms with Gasteiger partial charge in [-0.1, -0.05) is 53.2 Å².